The fourth-order valence-electron chi connectivity index (χ4n) is 3.85. The molecule has 4 heteroatoms. The van der Waals surface area contributed by atoms with Crippen molar-refractivity contribution in [2.24, 2.45) is 9.98 Å². The van der Waals surface area contributed by atoms with E-state index in [0.29, 0.717) is 5.02 Å². The van der Waals surface area contributed by atoms with Crippen LogP contribution in [0.2, 0.25) is 5.02 Å². The first-order valence-corrected chi connectivity index (χ1v) is 11.0. The molecule has 0 aromatic heterocycles. The smallest absolute Gasteiger partial charge is 0.169 e. The molecular formula is C28H22ClN3. The zero-order valence-electron chi connectivity index (χ0n) is 17.7. The van der Waals surface area contributed by atoms with Crippen molar-refractivity contribution in [3.05, 3.63) is 130 Å². The van der Waals surface area contributed by atoms with Crippen molar-refractivity contribution >= 4 is 23.3 Å². The summed E-state index contributed by atoms with van der Waals surface area (Å²) in [7, 11) is 0. The first-order valence-electron chi connectivity index (χ1n) is 10.6. The molecule has 0 spiro atoms. The standard InChI is InChI=1S/C28H22ClN3/c1-19-18-23(20-8-4-2-5-9-20)14-17-25(19)28-31-26(21-10-6-3-7-11-21)30-27(32-28)22-12-15-24(29)16-13-22/h2-18,27H,1H3,(H,30,31,32). The van der Waals surface area contributed by atoms with Gasteiger partial charge in [0.1, 0.15) is 11.7 Å². The quantitative estimate of drug-likeness (QED) is 0.375. The van der Waals surface area contributed by atoms with Gasteiger partial charge in [-0.3, -0.25) is 0 Å². The van der Waals surface area contributed by atoms with Gasteiger partial charge in [-0.1, -0.05) is 103 Å². The molecule has 156 valence electrons. The third kappa shape index (κ3) is 4.20. The Morgan fingerprint density at radius 3 is 1.94 bits per heavy atom. The van der Waals surface area contributed by atoms with Gasteiger partial charge < -0.3 is 5.32 Å². The van der Waals surface area contributed by atoms with Gasteiger partial charge in [-0.25, -0.2) is 9.98 Å². The van der Waals surface area contributed by atoms with Crippen LogP contribution in [0.15, 0.2) is 113 Å². The summed E-state index contributed by atoms with van der Waals surface area (Å²) in [6.45, 7) is 2.12. The number of hydrogen-bond donors (Lipinski definition) is 1. The van der Waals surface area contributed by atoms with Gasteiger partial charge >= 0.3 is 0 Å². The Morgan fingerprint density at radius 2 is 1.28 bits per heavy atom. The topological polar surface area (TPSA) is 36.8 Å². The molecule has 1 atom stereocenters. The van der Waals surface area contributed by atoms with Crippen molar-refractivity contribution in [3.8, 4) is 11.1 Å². The molecule has 0 saturated carbocycles. The van der Waals surface area contributed by atoms with Crippen molar-refractivity contribution in [2.75, 3.05) is 0 Å². The molecule has 0 radical (unpaired) electrons. The van der Waals surface area contributed by atoms with Crippen LogP contribution in [0.5, 0.6) is 0 Å². The molecule has 32 heavy (non-hydrogen) atoms. The minimum Gasteiger partial charge on any atom is -0.324 e. The van der Waals surface area contributed by atoms with Crippen molar-refractivity contribution in [1.82, 2.24) is 5.32 Å². The maximum absolute atomic E-state index is 6.10. The first kappa shape index (κ1) is 20.2. The summed E-state index contributed by atoms with van der Waals surface area (Å²) in [6, 6.07) is 34.8. The van der Waals surface area contributed by atoms with E-state index in [1.54, 1.807) is 0 Å². The number of benzene rings is 4. The van der Waals surface area contributed by atoms with Gasteiger partial charge in [-0.05, 0) is 41.3 Å². The third-order valence-electron chi connectivity index (χ3n) is 5.54. The molecule has 1 N–H and O–H groups in total. The molecule has 0 bridgehead atoms. The molecule has 0 aliphatic carbocycles. The van der Waals surface area contributed by atoms with Crippen LogP contribution >= 0.6 is 11.6 Å². The Bertz CT molecular complexity index is 1290. The van der Waals surface area contributed by atoms with Gasteiger partial charge in [0.2, 0.25) is 0 Å². The lowest BCUT2D eigenvalue weighted by atomic mass is 9.99. The van der Waals surface area contributed by atoms with E-state index < -0.39 is 0 Å². The first-order chi connectivity index (χ1) is 15.7. The maximum atomic E-state index is 6.10. The van der Waals surface area contributed by atoms with Crippen molar-refractivity contribution in [2.45, 2.75) is 13.1 Å². The van der Waals surface area contributed by atoms with E-state index in [4.69, 9.17) is 21.6 Å². The number of nitrogens with zero attached hydrogens (tertiary/aromatic N) is 2. The number of nitrogens with one attached hydrogen (secondary N) is 1. The van der Waals surface area contributed by atoms with Gasteiger partial charge in [-0.15, -0.1) is 0 Å². The van der Waals surface area contributed by atoms with Crippen LogP contribution in [0.1, 0.15) is 28.4 Å². The zero-order chi connectivity index (χ0) is 21.9. The van der Waals surface area contributed by atoms with E-state index in [-0.39, 0.29) is 6.17 Å². The number of amidine groups is 2. The molecule has 1 heterocycles. The summed E-state index contributed by atoms with van der Waals surface area (Å²) in [6.07, 6.45) is -0.341. The van der Waals surface area contributed by atoms with E-state index in [2.05, 4.69) is 66.8 Å². The normalized spacial score (nSPS) is 15.5. The Hall–Kier alpha value is -3.69. The predicted octanol–water partition coefficient (Wildman–Crippen LogP) is 6.81. The van der Waals surface area contributed by atoms with E-state index in [1.165, 1.54) is 11.1 Å². The number of aliphatic imine (C=N–C) groups is 2. The van der Waals surface area contributed by atoms with Crippen LogP contribution in [0.25, 0.3) is 11.1 Å². The molecule has 3 nitrogen and oxygen atoms in total. The molecule has 1 unspecified atom stereocenters. The number of rotatable bonds is 4. The summed E-state index contributed by atoms with van der Waals surface area (Å²) < 4.78 is 0. The minimum absolute atomic E-state index is 0.341. The van der Waals surface area contributed by atoms with Gasteiger partial charge in [0, 0.05) is 16.1 Å². The summed E-state index contributed by atoms with van der Waals surface area (Å²) >= 11 is 6.10. The number of halogens is 1. The molecule has 0 amide bonds. The largest absolute Gasteiger partial charge is 0.324 e. The van der Waals surface area contributed by atoms with Gasteiger partial charge in [-0.2, -0.15) is 0 Å². The van der Waals surface area contributed by atoms with Gasteiger partial charge in [0.25, 0.3) is 0 Å². The van der Waals surface area contributed by atoms with Crippen LogP contribution in [0, 0.1) is 6.92 Å². The molecule has 0 fully saturated rings. The van der Waals surface area contributed by atoms with Gasteiger partial charge in [0.15, 0.2) is 6.17 Å². The fraction of sp³-hybridized carbons (Fsp3) is 0.0714. The molecule has 4 aromatic carbocycles. The van der Waals surface area contributed by atoms with E-state index in [0.717, 1.165) is 33.9 Å². The lowest BCUT2D eigenvalue weighted by Gasteiger charge is -2.23. The second kappa shape index (κ2) is 8.81. The van der Waals surface area contributed by atoms with Crippen LogP contribution < -0.4 is 5.32 Å². The van der Waals surface area contributed by atoms with E-state index in [1.807, 2.05) is 48.5 Å². The summed E-state index contributed by atoms with van der Waals surface area (Å²) in [5.41, 5.74) is 6.63. The molecule has 4 aromatic rings. The molecule has 1 aliphatic rings. The van der Waals surface area contributed by atoms with Crippen molar-refractivity contribution in [1.29, 1.82) is 0 Å². The van der Waals surface area contributed by atoms with Crippen LogP contribution in [0.4, 0.5) is 0 Å². The minimum atomic E-state index is -0.341. The Balaban J connectivity index is 1.56. The Kier molecular flexibility index (Phi) is 5.57. The van der Waals surface area contributed by atoms with Crippen LogP contribution in [-0.4, -0.2) is 11.7 Å². The monoisotopic (exact) mass is 435 g/mol. The lowest BCUT2D eigenvalue weighted by molar-refractivity contribution is 0.755. The number of hydrogen-bond acceptors (Lipinski definition) is 3. The average Bonchev–Trinajstić information content (AvgIpc) is 2.85. The average molecular weight is 436 g/mol. The highest BCUT2D eigenvalue weighted by Crippen LogP contribution is 2.27. The van der Waals surface area contributed by atoms with Gasteiger partial charge in [0.05, 0.1) is 0 Å². The summed E-state index contributed by atoms with van der Waals surface area (Å²) in [4.78, 5) is 9.86. The second-order valence-corrected chi connectivity index (χ2v) is 8.20. The third-order valence-corrected chi connectivity index (χ3v) is 5.80. The highest BCUT2D eigenvalue weighted by Gasteiger charge is 2.21. The van der Waals surface area contributed by atoms with E-state index >= 15 is 0 Å². The Morgan fingerprint density at radius 1 is 0.656 bits per heavy atom. The maximum Gasteiger partial charge on any atom is 0.169 e. The number of aryl methyl sites for hydroxylation is 1. The summed E-state index contributed by atoms with van der Waals surface area (Å²) in [5.74, 6) is 1.62. The van der Waals surface area contributed by atoms with Crippen molar-refractivity contribution < 1.29 is 0 Å². The predicted molar refractivity (Wildman–Crippen MR) is 133 cm³/mol. The zero-order valence-corrected chi connectivity index (χ0v) is 18.4. The summed E-state index contributed by atoms with van der Waals surface area (Å²) in [5, 5.41) is 4.17. The molecular weight excluding hydrogens is 414 g/mol. The lowest BCUT2D eigenvalue weighted by Crippen LogP contribution is -2.36. The molecule has 5 rings (SSSR count). The molecule has 0 saturated heterocycles. The van der Waals surface area contributed by atoms with Crippen molar-refractivity contribution in [3.63, 3.8) is 0 Å². The second-order valence-electron chi connectivity index (χ2n) is 7.77. The molecule has 1 aliphatic heterocycles. The highest BCUT2D eigenvalue weighted by molar-refractivity contribution is 6.30. The van der Waals surface area contributed by atoms with E-state index in [9.17, 15) is 0 Å². The Labute approximate surface area is 193 Å². The van der Waals surface area contributed by atoms with Crippen LogP contribution in [-0.2, 0) is 0 Å². The fourth-order valence-corrected chi connectivity index (χ4v) is 3.98. The van der Waals surface area contributed by atoms with Crippen LogP contribution in [0.3, 0.4) is 0 Å². The SMILES string of the molecule is Cc1cc(-c2ccccc2)ccc1C1=NC(c2ccc(Cl)cc2)N=C(c2ccccc2)N1. The highest BCUT2D eigenvalue weighted by atomic mass is 35.5.